The van der Waals surface area contributed by atoms with Gasteiger partial charge in [-0.1, -0.05) is 52.4 Å². The van der Waals surface area contributed by atoms with E-state index in [1.54, 1.807) is 24.3 Å². The van der Waals surface area contributed by atoms with E-state index in [0.29, 0.717) is 33.6 Å². The van der Waals surface area contributed by atoms with Gasteiger partial charge in [-0.2, -0.15) is 0 Å². The van der Waals surface area contributed by atoms with E-state index in [1.807, 2.05) is 6.92 Å². The summed E-state index contributed by atoms with van der Waals surface area (Å²) in [6.07, 6.45) is 0. The van der Waals surface area contributed by atoms with E-state index >= 15 is 0 Å². The van der Waals surface area contributed by atoms with Crippen molar-refractivity contribution < 1.29 is 28.6 Å². The summed E-state index contributed by atoms with van der Waals surface area (Å²) in [4.78, 5) is 39.0. The second kappa shape index (κ2) is 11.2. The van der Waals surface area contributed by atoms with Crippen molar-refractivity contribution in [2.24, 2.45) is 0 Å². The normalized spacial score (nSPS) is 18.7. The number of aromatic nitrogens is 2. The number of benzene rings is 1. The number of thioether (sulfide) groups is 2. The molecule has 1 aromatic carbocycles. The Hall–Kier alpha value is -2.71. The van der Waals surface area contributed by atoms with Crippen LogP contribution in [0.2, 0.25) is 10.0 Å². The van der Waals surface area contributed by atoms with Gasteiger partial charge in [0.05, 0.1) is 5.02 Å². The van der Waals surface area contributed by atoms with E-state index in [4.69, 9.17) is 32.4 Å². The second-order valence-corrected chi connectivity index (χ2v) is 12.4. The summed E-state index contributed by atoms with van der Waals surface area (Å²) >= 11 is 16.3. The minimum atomic E-state index is -1.19. The van der Waals surface area contributed by atoms with Crippen LogP contribution in [0.25, 0.3) is 0 Å². The fraction of sp³-hybridized carbons (Fsp3) is 0.261. The fourth-order valence-corrected chi connectivity index (χ4v) is 7.46. The highest BCUT2D eigenvalue weighted by Gasteiger charge is 2.54. The molecule has 2 amide bonds. The van der Waals surface area contributed by atoms with E-state index in [-0.39, 0.29) is 23.1 Å². The number of ether oxygens (including phenoxy) is 1. The highest BCUT2D eigenvalue weighted by molar-refractivity contribution is 8.01. The number of aliphatic carboxylic acids is 1. The number of β-lactam (4-membered cyclic amide) rings is 1. The van der Waals surface area contributed by atoms with Crippen molar-refractivity contribution in [3.05, 3.63) is 68.2 Å². The zero-order chi connectivity index (χ0) is 27.0. The topological polar surface area (TPSA) is 135 Å². The standard InChI is InChI=1S/C23H18Cl2N4O6S3/c1-10-27-28-23(38-10)37-9-11-8-36-21-17(20(31)29(21)18(11)22(32)33)26-19(30)15-6-5-12(35-15)7-34-14-4-2-3-13(24)16(14)25/h2-6,17,21H,7-9H2,1H3,(H,26,30)(H,32,33)/t17-,21-/m1/s1. The quantitative estimate of drug-likeness (QED) is 0.263. The average Bonchev–Trinajstić information content (AvgIpc) is 3.55. The van der Waals surface area contributed by atoms with E-state index in [1.165, 1.54) is 45.8 Å². The van der Waals surface area contributed by atoms with Crippen LogP contribution in [0.3, 0.4) is 0 Å². The van der Waals surface area contributed by atoms with E-state index in [2.05, 4.69) is 15.5 Å². The molecule has 0 saturated carbocycles. The number of nitrogens with one attached hydrogen (secondary N) is 1. The van der Waals surface area contributed by atoms with Gasteiger partial charge in [0.2, 0.25) is 0 Å². The first kappa shape index (κ1) is 26.9. The lowest BCUT2D eigenvalue weighted by molar-refractivity contribution is -0.148. The van der Waals surface area contributed by atoms with Crippen LogP contribution in [0.4, 0.5) is 0 Å². The molecule has 0 spiro atoms. The molecule has 3 aromatic rings. The molecule has 2 aliphatic heterocycles. The average molecular weight is 614 g/mol. The number of rotatable bonds is 9. The van der Waals surface area contributed by atoms with Crippen LogP contribution in [0.5, 0.6) is 5.75 Å². The SMILES string of the molecule is Cc1nnc(SCC2=C(C(=O)O)N3C(=O)[C@@H](NC(=O)c4ccc(COc5cccc(Cl)c5Cl)o4)[C@H]3SC2)s1. The first-order valence-corrected chi connectivity index (χ1v) is 14.6. The minimum Gasteiger partial charge on any atom is -0.484 e. The Morgan fingerprint density at radius 1 is 1.29 bits per heavy atom. The molecule has 2 aliphatic rings. The van der Waals surface area contributed by atoms with Gasteiger partial charge in [0, 0.05) is 11.5 Å². The summed E-state index contributed by atoms with van der Waals surface area (Å²) in [5, 5.41) is 21.4. The molecule has 10 nitrogen and oxygen atoms in total. The molecule has 0 radical (unpaired) electrons. The van der Waals surface area contributed by atoms with E-state index in [9.17, 15) is 19.5 Å². The van der Waals surface area contributed by atoms with Gasteiger partial charge in [-0.3, -0.25) is 14.5 Å². The maximum Gasteiger partial charge on any atom is 0.352 e. The summed E-state index contributed by atoms with van der Waals surface area (Å²) in [5.74, 6) is -0.773. The summed E-state index contributed by atoms with van der Waals surface area (Å²) < 4.78 is 11.9. The van der Waals surface area contributed by atoms with Crippen molar-refractivity contribution in [3.8, 4) is 5.75 Å². The van der Waals surface area contributed by atoms with Gasteiger partial charge in [0.1, 0.15) is 45.3 Å². The number of amides is 2. The predicted octanol–water partition coefficient (Wildman–Crippen LogP) is 4.47. The number of hydrogen-bond acceptors (Lipinski definition) is 10. The second-order valence-electron chi connectivity index (χ2n) is 8.10. The Labute approximate surface area is 238 Å². The summed E-state index contributed by atoms with van der Waals surface area (Å²) in [7, 11) is 0. The Morgan fingerprint density at radius 2 is 2.11 bits per heavy atom. The van der Waals surface area contributed by atoms with Crippen LogP contribution < -0.4 is 10.1 Å². The van der Waals surface area contributed by atoms with Crippen LogP contribution in [0.1, 0.15) is 21.3 Å². The molecule has 0 bridgehead atoms. The third kappa shape index (κ3) is 5.38. The third-order valence-electron chi connectivity index (χ3n) is 5.59. The molecular formula is C23H18Cl2N4O6S3. The van der Waals surface area contributed by atoms with E-state index in [0.717, 1.165) is 9.35 Å². The van der Waals surface area contributed by atoms with Gasteiger partial charge in [-0.15, -0.1) is 22.0 Å². The third-order valence-corrected chi connectivity index (χ3v) is 9.78. The van der Waals surface area contributed by atoms with E-state index < -0.39 is 29.2 Å². The molecule has 15 heteroatoms. The Kier molecular flexibility index (Phi) is 7.91. The van der Waals surface area contributed by atoms with Crippen molar-refractivity contribution in [2.45, 2.75) is 29.3 Å². The van der Waals surface area contributed by atoms with Crippen molar-refractivity contribution >= 4 is 75.8 Å². The first-order chi connectivity index (χ1) is 18.2. The van der Waals surface area contributed by atoms with Crippen LogP contribution in [-0.2, 0) is 16.2 Å². The van der Waals surface area contributed by atoms with Crippen LogP contribution in [0.15, 0.2) is 50.4 Å². The molecule has 38 heavy (non-hydrogen) atoms. The monoisotopic (exact) mass is 612 g/mol. The summed E-state index contributed by atoms with van der Waals surface area (Å²) in [6, 6.07) is 7.15. The fourth-order valence-electron chi connectivity index (χ4n) is 3.81. The van der Waals surface area contributed by atoms with Crippen LogP contribution in [0, 0.1) is 6.92 Å². The Balaban J connectivity index is 1.21. The minimum absolute atomic E-state index is 0.00609. The zero-order valence-corrected chi connectivity index (χ0v) is 23.4. The maximum absolute atomic E-state index is 12.9. The molecule has 1 saturated heterocycles. The zero-order valence-electron chi connectivity index (χ0n) is 19.5. The number of aryl methyl sites for hydroxylation is 1. The smallest absolute Gasteiger partial charge is 0.352 e. The molecule has 198 valence electrons. The molecular weight excluding hydrogens is 595 g/mol. The number of fused-ring (bicyclic) bond motifs is 1. The number of furan rings is 1. The van der Waals surface area contributed by atoms with Crippen molar-refractivity contribution in [1.29, 1.82) is 0 Å². The van der Waals surface area contributed by atoms with Crippen molar-refractivity contribution in [1.82, 2.24) is 20.4 Å². The number of carboxylic acids is 1. The van der Waals surface area contributed by atoms with Gasteiger partial charge in [0.25, 0.3) is 11.8 Å². The highest BCUT2D eigenvalue weighted by Crippen LogP contribution is 2.42. The number of nitrogens with zero attached hydrogens (tertiary/aromatic N) is 3. The number of carboxylic acid groups (broad SMARTS) is 1. The molecule has 2 aromatic heterocycles. The highest BCUT2D eigenvalue weighted by atomic mass is 35.5. The molecule has 0 unspecified atom stereocenters. The van der Waals surface area contributed by atoms with Gasteiger partial charge in [-0.05, 0) is 36.8 Å². The predicted molar refractivity (Wildman–Crippen MR) is 144 cm³/mol. The van der Waals surface area contributed by atoms with Crippen molar-refractivity contribution in [2.75, 3.05) is 11.5 Å². The van der Waals surface area contributed by atoms with Crippen molar-refractivity contribution in [3.63, 3.8) is 0 Å². The van der Waals surface area contributed by atoms with Gasteiger partial charge >= 0.3 is 5.97 Å². The van der Waals surface area contributed by atoms with Gasteiger partial charge in [0.15, 0.2) is 10.1 Å². The molecule has 4 heterocycles. The number of carbonyl (C=O) groups excluding carboxylic acids is 2. The number of halogens is 2. The van der Waals surface area contributed by atoms with Gasteiger partial charge in [-0.25, -0.2) is 4.79 Å². The largest absolute Gasteiger partial charge is 0.484 e. The summed E-state index contributed by atoms with van der Waals surface area (Å²) in [6.45, 7) is 1.85. The Bertz CT molecular complexity index is 1460. The molecule has 2 atom stereocenters. The van der Waals surface area contributed by atoms with Crippen LogP contribution in [-0.4, -0.2) is 60.9 Å². The number of carbonyl (C=O) groups is 3. The lowest BCUT2D eigenvalue weighted by atomic mass is 10.0. The summed E-state index contributed by atoms with van der Waals surface area (Å²) in [5.41, 5.74) is 0.570. The lowest BCUT2D eigenvalue weighted by Gasteiger charge is -2.49. The Morgan fingerprint density at radius 3 is 2.84 bits per heavy atom. The van der Waals surface area contributed by atoms with Gasteiger partial charge < -0.3 is 19.6 Å². The first-order valence-electron chi connectivity index (χ1n) is 11.0. The molecule has 2 N–H and O–H groups in total. The number of hydrogen-bond donors (Lipinski definition) is 2. The molecule has 0 aliphatic carbocycles. The molecule has 1 fully saturated rings. The molecule has 5 rings (SSSR count). The lowest BCUT2D eigenvalue weighted by Crippen LogP contribution is -2.70. The van der Waals surface area contributed by atoms with Crippen LogP contribution >= 0.6 is 58.1 Å². The maximum atomic E-state index is 12.9.